The fourth-order valence-corrected chi connectivity index (χ4v) is 2.51. The summed E-state index contributed by atoms with van der Waals surface area (Å²) in [6, 6.07) is 12.4. The van der Waals surface area contributed by atoms with E-state index in [-0.39, 0.29) is 11.7 Å². The third kappa shape index (κ3) is 3.35. The van der Waals surface area contributed by atoms with Gasteiger partial charge in [0.05, 0.1) is 22.4 Å². The van der Waals surface area contributed by atoms with E-state index in [1.807, 2.05) is 32.0 Å². The third-order valence-electron chi connectivity index (χ3n) is 4.01. The molecule has 0 bridgehead atoms. The SMILES string of the molecule is Cc1nc2ccc(C(=O)NCCc3ccccc3O)cc2nc1C. The van der Waals surface area contributed by atoms with Crippen molar-refractivity contribution in [2.24, 2.45) is 0 Å². The highest BCUT2D eigenvalue weighted by Gasteiger charge is 2.09. The lowest BCUT2D eigenvalue weighted by Crippen LogP contribution is -2.25. The van der Waals surface area contributed by atoms with Crippen LogP contribution in [0.25, 0.3) is 11.0 Å². The number of phenols is 1. The highest BCUT2D eigenvalue weighted by molar-refractivity contribution is 5.97. The Bertz CT molecular complexity index is 906. The van der Waals surface area contributed by atoms with Gasteiger partial charge in [-0.15, -0.1) is 0 Å². The Morgan fingerprint density at radius 1 is 1.04 bits per heavy atom. The van der Waals surface area contributed by atoms with Crippen LogP contribution in [-0.4, -0.2) is 27.5 Å². The van der Waals surface area contributed by atoms with Gasteiger partial charge in [-0.3, -0.25) is 4.79 Å². The summed E-state index contributed by atoms with van der Waals surface area (Å²) in [5.41, 5.74) is 4.61. The summed E-state index contributed by atoms with van der Waals surface area (Å²) in [6.07, 6.45) is 0.574. The fraction of sp³-hybridized carbons (Fsp3) is 0.211. The first kappa shape index (κ1) is 15.9. The zero-order chi connectivity index (χ0) is 17.1. The van der Waals surface area contributed by atoms with E-state index in [9.17, 15) is 9.90 Å². The molecule has 0 aliphatic heterocycles. The van der Waals surface area contributed by atoms with E-state index in [0.717, 1.165) is 22.5 Å². The number of phenolic OH excluding ortho intramolecular Hbond substituents is 1. The minimum atomic E-state index is -0.160. The molecule has 0 saturated heterocycles. The Hall–Kier alpha value is -2.95. The molecule has 3 rings (SSSR count). The van der Waals surface area contributed by atoms with Gasteiger partial charge in [0.15, 0.2) is 0 Å². The van der Waals surface area contributed by atoms with Crippen molar-refractivity contribution in [1.29, 1.82) is 0 Å². The van der Waals surface area contributed by atoms with Crippen LogP contribution in [0.2, 0.25) is 0 Å². The summed E-state index contributed by atoms with van der Waals surface area (Å²) in [5, 5.41) is 12.6. The molecule has 0 fully saturated rings. The number of aromatic hydroxyl groups is 1. The maximum Gasteiger partial charge on any atom is 0.251 e. The normalized spacial score (nSPS) is 10.8. The molecule has 0 radical (unpaired) electrons. The van der Waals surface area contributed by atoms with Crippen LogP contribution in [-0.2, 0) is 6.42 Å². The fourth-order valence-electron chi connectivity index (χ4n) is 2.51. The molecular formula is C19H19N3O2. The number of amides is 1. The number of hydrogen-bond acceptors (Lipinski definition) is 4. The lowest BCUT2D eigenvalue weighted by atomic mass is 10.1. The van der Waals surface area contributed by atoms with Gasteiger partial charge in [0, 0.05) is 12.1 Å². The topological polar surface area (TPSA) is 75.1 Å². The minimum Gasteiger partial charge on any atom is -0.508 e. The average molecular weight is 321 g/mol. The van der Waals surface area contributed by atoms with Crippen LogP contribution in [0.5, 0.6) is 5.75 Å². The summed E-state index contributed by atoms with van der Waals surface area (Å²) in [5.74, 6) is 0.0888. The maximum atomic E-state index is 12.3. The quantitative estimate of drug-likeness (QED) is 0.775. The van der Waals surface area contributed by atoms with E-state index >= 15 is 0 Å². The van der Waals surface area contributed by atoms with E-state index in [4.69, 9.17) is 0 Å². The summed E-state index contributed by atoms with van der Waals surface area (Å²) in [6.45, 7) is 4.27. The third-order valence-corrected chi connectivity index (χ3v) is 4.01. The molecule has 24 heavy (non-hydrogen) atoms. The van der Waals surface area contributed by atoms with Crippen LogP contribution in [0.4, 0.5) is 0 Å². The molecule has 0 spiro atoms. The molecule has 5 nitrogen and oxygen atoms in total. The Labute approximate surface area is 140 Å². The first-order valence-electron chi connectivity index (χ1n) is 7.84. The molecule has 1 amide bonds. The summed E-state index contributed by atoms with van der Waals surface area (Å²) in [4.78, 5) is 21.2. The molecule has 0 aliphatic rings. The van der Waals surface area contributed by atoms with Gasteiger partial charge in [-0.25, -0.2) is 9.97 Å². The first-order chi connectivity index (χ1) is 11.5. The van der Waals surface area contributed by atoms with Gasteiger partial charge in [0.1, 0.15) is 5.75 Å². The second-order valence-electron chi connectivity index (χ2n) is 5.73. The molecule has 122 valence electrons. The molecule has 2 N–H and O–H groups in total. The largest absolute Gasteiger partial charge is 0.508 e. The molecule has 0 atom stereocenters. The second-order valence-corrected chi connectivity index (χ2v) is 5.73. The number of nitrogens with one attached hydrogen (secondary N) is 1. The number of benzene rings is 2. The summed E-state index contributed by atoms with van der Waals surface area (Å²) < 4.78 is 0. The Morgan fingerprint density at radius 2 is 1.75 bits per heavy atom. The van der Waals surface area contributed by atoms with Crippen molar-refractivity contribution in [2.75, 3.05) is 6.54 Å². The number of rotatable bonds is 4. The van der Waals surface area contributed by atoms with Gasteiger partial charge in [-0.1, -0.05) is 18.2 Å². The zero-order valence-electron chi connectivity index (χ0n) is 13.7. The highest BCUT2D eigenvalue weighted by Crippen LogP contribution is 2.16. The average Bonchev–Trinajstić information content (AvgIpc) is 2.57. The number of hydrogen-bond donors (Lipinski definition) is 2. The number of aromatic nitrogens is 2. The molecule has 2 aromatic carbocycles. The molecule has 3 aromatic rings. The number of carbonyl (C=O) groups excluding carboxylic acids is 1. The molecule has 1 aromatic heterocycles. The van der Waals surface area contributed by atoms with E-state index < -0.39 is 0 Å². The van der Waals surface area contributed by atoms with Gasteiger partial charge in [0.2, 0.25) is 0 Å². The van der Waals surface area contributed by atoms with E-state index in [1.165, 1.54) is 0 Å². The van der Waals surface area contributed by atoms with Crippen molar-refractivity contribution in [3.05, 3.63) is 65.0 Å². The van der Waals surface area contributed by atoms with Crippen molar-refractivity contribution in [3.8, 4) is 5.75 Å². The first-order valence-corrected chi connectivity index (χ1v) is 7.84. The van der Waals surface area contributed by atoms with Crippen LogP contribution in [0.15, 0.2) is 42.5 Å². The van der Waals surface area contributed by atoms with E-state index in [2.05, 4.69) is 15.3 Å². The van der Waals surface area contributed by atoms with Crippen LogP contribution in [0, 0.1) is 13.8 Å². The summed E-state index contributed by atoms with van der Waals surface area (Å²) >= 11 is 0. The van der Waals surface area contributed by atoms with Crippen molar-refractivity contribution in [1.82, 2.24) is 15.3 Å². The van der Waals surface area contributed by atoms with Gasteiger partial charge >= 0.3 is 0 Å². The van der Waals surface area contributed by atoms with Gasteiger partial charge < -0.3 is 10.4 Å². The second kappa shape index (κ2) is 6.66. The number of nitrogens with zero attached hydrogens (tertiary/aromatic N) is 2. The highest BCUT2D eigenvalue weighted by atomic mass is 16.3. The molecule has 0 unspecified atom stereocenters. The molecule has 1 heterocycles. The van der Waals surface area contributed by atoms with Crippen LogP contribution < -0.4 is 5.32 Å². The van der Waals surface area contributed by atoms with Gasteiger partial charge in [-0.2, -0.15) is 0 Å². The Balaban J connectivity index is 1.70. The van der Waals surface area contributed by atoms with Crippen molar-refractivity contribution < 1.29 is 9.90 Å². The zero-order valence-corrected chi connectivity index (χ0v) is 13.7. The van der Waals surface area contributed by atoms with Gasteiger partial charge in [0.25, 0.3) is 5.91 Å². The molecular weight excluding hydrogens is 302 g/mol. The standard InChI is InChI=1S/C19H19N3O2/c1-12-13(2)22-17-11-15(7-8-16(17)21-12)19(24)20-10-9-14-5-3-4-6-18(14)23/h3-8,11,23H,9-10H2,1-2H3,(H,20,24). The minimum absolute atomic E-state index is 0.160. The van der Waals surface area contributed by atoms with Crippen molar-refractivity contribution >= 4 is 16.9 Å². The van der Waals surface area contributed by atoms with Crippen LogP contribution in [0.3, 0.4) is 0 Å². The monoisotopic (exact) mass is 321 g/mol. The lowest BCUT2D eigenvalue weighted by molar-refractivity contribution is 0.0954. The van der Waals surface area contributed by atoms with E-state index in [0.29, 0.717) is 24.0 Å². The number of aryl methyl sites for hydroxylation is 2. The van der Waals surface area contributed by atoms with Crippen LogP contribution >= 0.6 is 0 Å². The Kier molecular flexibility index (Phi) is 4.42. The lowest BCUT2D eigenvalue weighted by Gasteiger charge is -2.08. The van der Waals surface area contributed by atoms with Gasteiger partial charge in [-0.05, 0) is 50.1 Å². The summed E-state index contributed by atoms with van der Waals surface area (Å²) in [7, 11) is 0. The van der Waals surface area contributed by atoms with Crippen LogP contribution in [0.1, 0.15) is 27.3 Å². The van der Waals surface area contributed by atoms with Crippen molar-refractivity contribution in [2.45, 2.75) is 20.3 Å². The molecule has 0 saturated carbocycles. The van der Waals surface area contributed by atoms with Crippen molar-refractivity contribution in [3.63, 3.8) is 0 Å². The molecule has 0 aliphatic carbocycles. The predicted molar refractivity (Wildman–Crippen MR) is 93.2 cm³/mol. The predicted octanol–water partition coefficient (Wildman–Crippen LogP) is 2.92. The number of carbonyl (C=O) groups is 1. The number of para-hydroxylation sites is 1. The maximum absolute atomic E-state index is 12.3. The Morgan fingerprint density at radius 3 is 2.50 bits per heavy atom. The van der Waals surface area contributed by atoms with E-state index in [1.54, 1.807) is 24.3 Å². The smallest absolute Gasteiger partial charge is 0.251 e. The number of fused-ring (bicyclic) bond motifs is 1. The molecule has 5 heteroatoms.